The number of anilines is 1. The van der Waals surface area contributed by atoms with Crippen LogP contribution in [-0.4, -0.2) is 46.7 Å². The van der Waals surface area contributed by atoms with Gasteiger partial charge in [-0.1, -0.05) is 12.1 Å². The van der Waals surface area contributed by atoms with Crippen LogP contribution < -0.4 is 10.5 Å². The number of nitrogens with zero attached hydrogens (tertiary/aromatic N) is 4. The van der Waals surface area contributed by atoms with E-state index in [1.807, 2.05) is 24.3 Å². The van der Waals surface area contributed by atoms with Gasteiger partial charge in [0.15, 0.2) is 11.2 Å². The molecule has 6 nitrogen and oxygen atoms in total. The Morgan fingerprint density at radius 3 is 2.78 bits per heavy atom. The van der Waals surface area contributed by atoms with Crippen molar-refractivity contribution in [2.45, 2.75) is 18.9 Å². The van der Waals surface area contributed by atoms with E-state index >= 15 is 0 Å². The van der Waals surface area contributed by atoms with E-state index in [1.54, 1.807) is 6.07 Å². The van der Waals surface area contributed by atoms with Gasteiger partial charge >= 0.3 is 0 Å². The number of hydrogen-bond donors (Lipinski definition) is 0. The lowest BCUT2D eigenvalue weighted by atomic mass is 10.1. The molecular weight excluding hydrogens is 292 g/mol. The van der Waals surface area contributed by atoms with Crippen LogP contribution >= 0.6 is 0 Å². The van der Waals surface area contributed by atoms with Crippen molar-refractivity contribution < 1.29 is 4.52 Å². The minimum atomic E-state index is -0.153. The lowest BCUT2D eigenvalue weighted by Gasteiger charge is -2.31. The standard InChI is InChI=1S/C17H18N4O2/c22-16-11-15(20-10-9-19-7-5-12(20)6-8-19)18-17-13-3-1-2-4-14(13)23-21(16)17/h1-4,11-12H,5-10H2. The van der Waals surface area contributed by atoms with Crippen molar-refractivity contribution in [3.05, 3.63) is 40.7 Å². The van der Waals surface area contributed by atoms with Crippen LogP contribution in [0.25, 0.3) is 16.6 Å². The fourth-order valence-corrected chi connectivity index (χ4v) is 3.88. The highest BCUT2D eigenvalue weighted by Gasteiger charge is 2.30. The third-order valence-electron chi connectivity index (χ3n) is 5.13. The van der Waals surface area contributed by atoms with Gasteiger partial charge in [-0.2, -0.15) is 0 Å². The van der Waals surface area contributed by atoms with Crippen molar-refractivity contribution in [3.63, 3.8) is 0 Å². The van der Waals surface area contributed by atoms with Gasteiger partial charge < -0.3 is 14.3 Å². The fraction of sp³-hybridized carbons (Fsp3) is 0.412. The largest absolute Gasteiger partial charge is 0.369 e. The summed E-state index contributed by atoms with van der Waals surface area (Å²) in [5.41, 5.74) is 1.15. The van der Waals surface area contributed by atoms with Crippen molar-refractivity contribution in [2.24, 2.45) is 0 Å². The molecule has 6 heteroatoms. The van der Waals surface area contributed by atoms with E-state index in [0.717, 1.165) is 50.2 Å². The number of hydrogen-bond acceptors (Lipinski definition) is 5. The third-order valence-corrected chi connectivity index (χ3v) is 5.13. The Bertz CT molecular complexity index is 937. The van der Waals surface area contributed by atoms with E-state index in [2.05, 4.69) is 9.80 Å². The summed E-state index contributed by atoms with van der Waals surface area (Å²) in [7, 11) is 0. The monoisotopic (exact) mass is 310 g/mol. The predicted octanol–water partition coefficient (Wildman–Crippen LogP) is 1.73. The summed E-state index contributed by atoms with van der Waals surface area (Å²) in [4.78, 5) is 22.1. The molecule has 3 aliphatic heterocycles. The van der Waals surface area contributed by atoms with E-state index in [-0.39, 0.29) is 5.56 Å². The van der Waals surface area contributed by atoms with Crippen LogP contribution in [0, 0.1) is 0 Å². The Balaban J connectivity index is 1.69. The van der Waals surface area contributed by atoms with Crippen molar-refractivity contribution >= 4 is 22.4 Å². The molecule has 0 N–H and O–H groups in total. The second-order valence-electron chi connectivity index (χ2n) is 6.42. The normalized spacial score (nSPS) is 24.4. The molecule has 3 fully saturated rings. The summed E-state index contributed by atoms with van der Waals surface area (Å²) in [5.74, 6) is 0.787. The SMILES string of the molecule is O=c1cc(N2CCN3CCC2CC3)nc2c3ccccc3on12. The summed E-state index contributed by atoms with van der Waals surface area (Å²) < 4.78 is 6.93. The number of rotatable bonds is 1. The average Bonchev–Trinajstić information content (AvgIpc) is 2.71. The van der Waals surface area contributed by atoms with Crippen LogP contribution in [0.3, 0.4) is 0 Å². The van der Waals surface area contributed by atoms with Crippen LogP contribution in [0.5, 0.6) is 0 Å². The molecule has 2 bridgehead atoms. The number of piperidine rings is 1. The number of benzene rings is 1. The van der Waals surface area contributed by atoms with Gasteiger partial charge in [0.1, 0.15) is 5.82 Å². The van der Waals surface area contributed by atoms with Crippen molar-refractivity contribution in [1.82, 2.24) is 14.5 Å². The zero-order valence-corrected chi connectivity index (χ0v) is 12.8. The fourth-order valence-electron chi connectivity index (χ4n) is 3.88. The van der Waals surface area contributed by atoms with E-state index in [9.17, 15) is 4.79 Å². The number of aromatic nitrogens is 2. The summed E-state index contributed by atoms with van der Waals surface area (Å²) in [6.07, 6.45) is 2.29. The number of fused-ring (bicyclic) bond motifs is 7. The summed E-state index contributed by atoms with van der Waals surface area (Å²) in [6.45, 7) is 4.28. The molecular formula is C17H18N4O2. The Hall–Kier alpha value is -2.34. The van der Waals surface area contributed by atoms with Crippen LogP contribution in [0.15, 0.2) is 39.6 Å². The predicted molar refractivity (Wildman–Crippen MR) is 88.0 cm³/mol. The zero-order chi connectivity index (χ0) is 15.4. The Morgan fingerprint density at radius 1 is 1.09 bits per heavy atom. The van der Waals surface area contributed by atoms with Crippen LogP contribution in [0.2, 0.25) is 0 Å². The van der Waals surface area contributed by atoms with Gasteiger partial charge in [-0.05, 0) is 25.0 Å². The molecule has 3 aromatic rings. The topological polar surface area (TPSA) is 54.0 Å². The van der Waals surface area contributed by atoms with Gasteiger partial charge in [-0.15, -0.1) is 4.57 Å². The first-order chi connectivity index (χ1) is 11.3. The van der Waals surface area contributed by atoms with E-state index in [4.69, 9.17) is 9.51 Å². The smallest absolute Gasteiger partial charge is 0.289 e. The van der Waals surface area contributed by atoms with Gasteiger partial charge in [0.25, 0.3) is 5.56 Å². The van der Waals surface area contributed by atoms with Crippen molar-refractivity contribution in [3.8, 4) is 0 Å². The van der Waals surface area contributed by atoms with Crippen LogP contribution in [-0.2, 0) is 0 Å². The highest BCUT2D eigenvalue weighted by molar-refractivity contribution is 5.90. The molecule has 0 unspecified atom stereocenters. The molecule has 0 spiro atoms. The second-order valence-corrected chi connectivity index (χ2v) is 6.42. The van der Waals surface area contributed by atoms with E-state index in [1.165, 1.54) is 4.57 Å². The molecule has 0 radical (unpaired) electrons. The van der Waals surface area contributed by atoms with E-state index in [0.29, 0.717) is 17.3 Å². The first-order valence-electron chi connectivity index (χ1n) is 8.20. The Morgan fingerprint density at radius 2 is 1.91 bits per heavy atom. The average molecular weight is 310 g/mol. The maximum Gasteiger partial charge on any atom is 0.289 e. The molecule has 1 aromatic carbocycles. The van der Waals surface area contributed by atoms with Gasteiger partial charge in [0, 0.05) is 38.3 Å². The Kier molecular flexibility index (Phi) is 2.76. The van der Waals surface area contributed by atoms with Gasteiger partial charge in [-0.25, -0.2) is 4.98 Å². The molecule has 6 rings (SSSR count). The first kappa shape index (κ1) is 13.1. The van der Waals surface area contributed by atoms with E-state index < -0.39 is 0 Å². The molecule has 2 aromatic heterocycles. The van der Waals surface area contributed by atoms with Gasteiger partial charge in [0.05, 0.1) is 5.39 Å². The molecule has 0 aliphatic carbocycles. The molecule has 0 saturated carbocycles. The van der Waals surface area contributed by atoms with Crippen LogP contribution in [0.1, 0.15) is 12.8 Å². The second kappa shape index (κ2) is 4.83. The highest BCUT2D eigenvalue weighted by Crippen LogP contribution is 2.26. The molecule has 118 valence electrons. The Labute approximate surface area is 132 Å². The van der Waals surface area contributed by atoms with Gasteiger partial charge in [-0.3, -0.25) is 4.79 Å². The van der Waals surface area contributed by atoms with Gasteiger partial charge in [0.2, 0.25) is 0 Å². The highest BCUT2D eigenvalue weighted by atomic mass is 16.5. The quantitative estimate of drug-likeness (QED) is 0.685. The lowest BCUT2D eigenvalue weighted by Crippen LogP contribution is -2.38. The maximum absolute atomic E-state index is 12.5. The minimum Gasteiger partial charge on any atom is -0.369 e. The summed E-state index contributed by atoms with van der Waals surface area (Å²) in [5, 5.41) is 0.884. The molecule has 5 heterocycles. The third kappa shape index (κ3) is 1.98. The molecule has 23 heavy (non-hydrogen) atoms. The van der Waals surface area contributed by atoms with Crippen molar-refractivity contribution in [2.75, 3.05) is 31.1 Å². The lowest BCUT2D eigenvalue weighted by molar-refractivity contribution is 0.250. The molecule has 3 aliphatic rings. The first-order valence-corrected chi connectivity index (χ1v) is 8.20. The number of para-hydroxylation sites is 1. The zero-order valence-electron chi connectivity index (χ0n) is 12.8. The van der Waals surface area contributed by atoms with Crippen LogP contribution in [0.4, 0.5) is 5.82 Å². The minimum absolute atomic E-state index is 0.153. The van der Waals surface area contributed by atoms with Crippen molar-refractivity contribution in [1.29, 1.82) is 0 Å². The summed E-state index contributed by atoms with van der Waals surface area (Å²) >= 11 is 0. The molecule has 0 atom stereocenters. The summed E-state index contributed by atoms with van der Waals surface area (Å²) in [6, 6.07) is 9.76. The maximum atomic E-state index is 12.5. The molecule has 3 saturated heterocycles. The molecule has 0 amide bonds.